The number of halogens is 1. The zero-order chi connectivity index (χ0) is 13.5. The smallest absolute Gasteiger partial charge is 0.223 e. The molecule has 1 unspecified atom stereocenters. The lowest BCUT2D eigenvalue weighted by atomic mass is 10.1. The Balaban J connectivity index is 0.00000200. The van der Waals surface area contributed by atoms with Crippen LogP contribution in [0.2, 0.25) is 0 Å². The molecule has 2 rings (SSSR count). The van der Waals surface area contributed by atoms with Gasteiger partial charge in [-0.1, -0.05) is 0 Å². The van der Waals surface area contributed by atoms with Crippen LogP contribution in [0.1, 0.15) is 19.8 Å². The molecule has 6 heteroatoms. The molecular weight excluding hydrogens is 278 g/mol. The standard InChI is InChI=1S/C14H27N3O2.ClH/c1-2-19-12-13-3-7-16(11-13)8-4-14(18)17-9-5-15-6-10-17;/h13,15H,2-12H2,1H3;1H. The molecule has 0 aromatic rings. The third-order valence-corrected chi connectivity index (χ3v) is 4.04. The van der Waals surface area contributed by atoms with Crippen LogP contribution >= 0.6 is 12.4 Å². The minimum Gasteiger partial charge on any atom is -0.381 e. The van der Waals surface area contributed by atoms with Crippen molar-refractivity contribution in [3.05, 3.63) is 0 Å². The number of hydrogen-bond acceptors (Lipinski definition) is 4. The Morgan fingerprint density at radius 1 is 1.30 bits per heavy atom. The number of carbonyl (C=O) groups excluding carboxylic acids is 1. The van der Waals surface area contributed by atoms with Crippen molar-refractivity contribution in [1.29, 1.82) is 0 Å². The normalized spacial score (nSPS) is 23.6. The van der Waals surface area contributed by atoms with Crippen LogP contribution in [0.5, 0.6) is 0 Å². The van der Waals surface area contributed by atoms with Gasteiger partial charge in [0.25, 0.3) is 0 Å². The Labute approximate surface area is 128 Å². The van der Waals surface area contributed by atoms with Gasteiger partial charge in [0.2, 0.25) is 5.91 Å². The average Bonchev–Trinajstić information content (AvgIpc) is 2.91. The summed E-state index contributed by atoms with van der Waals surface area (Å²) in [5, 5.41) is 3.27. The van der Waals surface area contributed by atoms with Crippen molar-refractivity contribution >= 4 is 18.3 Å². The van der Waals surface area contributed by atoms with E-state index in [1.54, 1.807) is 0 Å². The van der Waals surface area contributed by atoms with Crippen LogP contribution in [0.15, 0.2) is 0 Å². The first-order chi connectivity index (χ1) is 9.29. The summed E-state index contributed by atoms with van der Waals surface area (Å²) >= 11 is 0. The molecule has 0 spiro atoms. The van der Waals surface area contributed by atoms with Crippen LogP contribution in [-0.4, -0.2) is 74.7 Å². The molecule has 0 aromatic heterocycles. The summed E-state index contributed by atoms with van der Waals surface area (Å²) in [6.07, 6.45) is 1.88. The molecule has 1 atom stereocenters. The van der Waals surface area contributed by atoms with Crippen molar-refractivity contribution in [3.8, 4) is 0 Å². The lowest BCUT2D eigenvalue weighted by Gasteiger charge is -2.28. The zero-order valence-electron chi connectivity index (χ0n) is 12.5. The molecular formula is C14H28ClN3O2. The van der Waals surface area contributed by atoms with Crippen LogP contribution in [-0.2, 0) is 9.53 Å². The third-order valence-electron chi connectivity index (χ3n) is 4.04. The van der Waals surface area contributed by atoms with E-state index in [9.17, 15) is 4.79 Å². The van der Waals surface area contributed by atoms with E-state index in [2.05, 4.69) is 10.2 Å². The van der Waals surface area contributed by atoms with Crippen LogP contribution in [0.25, 0.3) is 0 Å². The fraction of sp³-hybridized carbons (Fsp3) is 0.929. The SMILES string of the molecule is CCOCC1CCN(CCC(=O)N2CCNCC2)C1.Cl. The second kappa shape index (κ2) is 9.55. The molecule has 0 bridgehead atoms. The van der Waals surface area contributed by atoms with Crippen LogP contribution in [0.3, 0.4) is 0 Å². The number of nitrogens with one attached hydrogen (secondary N) is 1. The predicted molar refractivity (Wildman–Crippen MR) is 82.4 cm³/mol. The molecule has 1 amide bonds. The Bertz CT molecular complexity index is 286. The summed E-state index contributed by atoms with van der Waals surface area (Å²) < 4.78 is 5.48. The first-order valence-electron chi connectivity index (χ1n) is 7.58. The van der Waals surface area contributed by atoms with E-state index in [1.807, 2.05) is 11.8 Å². The van der Waals surface area contributed by atoms with Gasteiger partial charge in [0.1, 0.15) is 0 Å². The number of amides is 1. The number of ether oxygens (including phenoxy) is 1. The topological polar surface area (TPSA) is 44.8 Å². The van der Waals surface area contributed by atoms with Gasteiger partial charge < -0.3 is 19.9 Å². The van der Waals surface area contributed by atoms with E-state index in [4.69, 9.17) is 4.74 Å². The highest BCUT2D eigenvalue weighted by Gasteiger charge is 2.23. The van der Waals surface area contributed by atoms with E-state index in [-0.39, 0.29) is 12.4 Å². The Kier molecular flexibility index (Phi) is 8.45. The van der Waals surface area contributed by atoms with Crippen LogP contribution in [0, 0.1) is 5.92 Å². The van der Waals surface area contributed by atoms with Crippen molar-refractivity contribution in [3.63, 3.8) is 0 Å². The van der Waals surface area contributed by atoms with Gasteiger partial charge in [0.05, 0.1) is 6.61 Å². The Morgan fingerprint density at radius 3 is 2.75 bits per heavy atom. The highest BCUT2D eigenvalue weighted by Crippen LogP contribution is 2.16. The Morgan fingerprint density at radius 2 is 2.05 bits per heavy atom. The fourth-order valence-corrected chi connectivity index (χ4v) is 2.86. The third kappa shape index (κ3) is 5.56. The summed E-state index contributed by atoms with van der Waals surface area (Å²) in [6.45, 7) is 10.4. The summed E-state index contributed by atoms with van der Waals surface area (Å²) in [6, 6.07) is 0. The quantitative estimate of drug-likeness (QED) is 0.780. The molecule has 118 valence electrons. The molecule has 0 saturated carbocycles. The van der Waals surface area contributed by atoms with Crippen LogP contribution in [0.4, 0.5) is 0 Å². The first kappa shape index (κ1) is 17.7. The van der Waals surface area contributed by atoms with E-state index in [0.29, 0.717) is 18.2 Å². The van der Waals surface area contributed by atoms with Gasteiger partial charge in [-0.05, 0) is 25.8 Å². The molecule has 1 N–H and O–H groups in total. The maximum atomic E-state index is 12.1. The summed E-state index contributed by atoms with van der Waals surface area (Å²) in [5.41, 5.74) is 0. The molecule has 2 aliphatic rings. The highest BCUT2D eigenvalue weighted by molar-refractivity contribution is 5.85. The number of nitrogens with zero attached hydrogens (tertiary/aromatic N) is 2. The molecule has 5 nitrogen and oxygen atoms in total. The second-order valence-corrected chi connectivity index (χ2v) is 5.50. The van der Waals surface area contributed by atoms with Crippen molar-refractivity contribution in [2.24, 2.45) is 5.92 Å². The van der Waals surface area contributed by atoms with Gasteiger partial charge >= 0.3 is 0 Å². The van der Waals surface area contributed by atoms with E-state index >= 15 is 0 Å². The molecule has 0 aliphatic carbocycles. The van der Waals surface area contributed by atoms with Crippen molar-refractivity contribution in [1.82, 2.24) is 15.1 Å². The Hall–Kier alpha value is -0.360. The van der Waals surface area contributed by atoms with E-state index in [1.165, 1.54) is 6.42 Å². The van der Waals surface area contributed by atoms with Gasteiger partial charge in [0, 0.05) is 52.3 Å². The summed E-state index contributed by atoms with van der Waals surface area (Å²) in [7, 11) is 0. The van der Waals surface area contributed by atoms with Crippen molar-refractivity contribution in [2.45, 2.75) is 19.8 Å². The van der Waals surface area contributed by atoms with Gasteiger partial charge in [-0.25, -0.2) is 0 Å². The molecule has 2 heterocycles. The van der Waals surface area contributed by atoms with Crippen molar-refractivity contribution < 1.29 is 9.53 Å². The molecule has 2 aliphatic heterocycles. The van der Waals surface area contributed by atoms with E-state index in [0.717, 1.165) is 59.0 Å². The van der Waals surface area contributed by atoms with Crippen LogP contribution < -0.4 is 5.32 Å². The zero-order valence-corrected chi connectivity index (χ0v) is 13.3. The van der Waals surface area contributed by atoms with E-state index < -0.39 is 0 Å². The molecule has 2 fully saturated rings. The lowest BCUT2D eigenvalue weighted by molar-refractivity contribution is -0.132. The van der Waals surface area contributed by atoms with Crippen molar-refractivity contribution in [2.75, 3.05) is 59.0 Å². The van der Waals surface area contributed by atoms with Gasteiger partial charge in [-0.15, -0.1) is 12.4 Å². The monoisotopic (exact) mass is 305 g/mol. The van der Waals surface area contributed by atoms with Gasteiger partial charge in [-0.2, -0.15) is 0 Å². The maximum Gasteiger partial charge on any atom is 0.223 e. The second-order valence-electron chi connectivity index (χ2n) is 5.50. The number of piperazine rings is 1. The first-order valence-corrected chi connectivity index (χ1v) is 7.58. The fourth-order valence-electron chi connectivity index (χ4n) is 2.86. The number of hydrogen-bond donors (Lipinski definition) is 1. The average molecular weight is 306 g/mol. The minimum atomic E-state index is 0. The minimum absolute atomic E-state index is 0. The predicted octanol–water partition coefficient (Wildman–Crippen LogP) is 0.589. The summed E-state index contributed by atoms with van der Waals surface area (Å²) in [5.74, 6) is 0.976. The maximum absolute atomic E-state index is 12.1. The highest BCUT2D eigenvalue weighted by atomic mass is 35.5. The molecule has 20 heavy (non-hydrogen) atoms. The van der Waals surface area contributed by atoms with Gasteiger partial charge in [-0.3, -0.25) is 4.79 Å². The molecule has 0 aromatic carbocycles. The summed E-state index contributed by atoms with van der Waals surface area (Å²) in [4.78, 5) is 16.5. The number of rotatable bonds is 6. The lowest BCUT2D eigenvalue weighted by Crippen LogP contribution is -2.47. The number of likely N-dealkylation sites (tertiary alicyclic amines) is 1. The number of carbonyl (C=O) groups is 1. The molecule has 0 radical (unpaired) electrons. The van der Waals surface area contributed by atoms with Gasteiger partial charge in [0.15, 0.2) is 0 Å². The largest absolute Gasteiger partial charge is 0.381 e. The molecule has 2 saturated heterocycles.